The van der Waals surface area contributed by atoms with Gasteiger partial charge in [0, 0.05) is 17.7 Å². The lowest BCUT2D eigenvalue weighted by molar-refractivity contribution is -0.718. The van der Waals surface area contributed by atoms with Crippen LogP contribution in [-0.2, 0) is 9.59 Å². The van der Waals surface area contributed by atoms with Crippen molar-refractivity contribution in [3.8, 4) is 0 Å². The number of Topliss-reactive ketones (excluding diaryl/α,β-unsaturated/α-hetero) is 1. The molecule has 1 heterocycles. The van der Waals surface area contributed by atoms with E-state index in [1.54, 1.807) is 24.3 Å². The smallest absolute Gasteiger partial charge is 0.279 e. The van der Waals surface area contributed by atoms with Crippen molar-refractivity contribution in [3.05, 3.63) is 29.8 Å². The van der Waals surface area contributed by atoms with Gasteiger partial charge in [-0.1, -0.05) is 6.42 Å². The highest BCUT2D eigenvalue weighted by molar-refractivity contribution is 5.97. The predicted molar refractivity (Wildman–Crippen MR) is 89.6 cm³/mol. The summed E-state index contributed by atoms with van der Waals surface area (Å²) in [5.41, 5.74) is 1.24. The molecule has 24 heavy (non-hydrogen) atoms. The molecule has 0 bridgehead atoms. The largest absolute Gasteiger partial charge is 0.342 e. The Labute approximate surface area is 141 Å². The fourth-order valence-electron chi connectivity index (χ4n) is 3.61. The zero-order chi connectivity index (χ0) is 17.1. The Morgan fingerprint density at radius 1 is 1.21 bits per heavy atom. The van der Waals surface area contributed by atoms with E-state index < -0.39 is 0 Å². The number of rotatable bonds is 4. The molecule has 1 aromatic carbocycles. The van der Waals surface area contributed by atoms with Crippen molar-refractivity contribution in [1.82, 2.24) is 5.32 Å². The third-order valence-corrected chi connectivity index (χ3v) is 4.94. The maximum absolute atomic E-state index is 12.2. The number of nitrogens with two attached hydrogens (primary N) is 1. The molecule has 1 saturated carbocycles. The zero-order valence-electron chi connectivity index (χ0n) is 13.9. The van der Waals surface area contributed by atoms with Crippen LogP contribution in [0.2, 0.25) is 0 Å². The molecular weight excluding hydrogens is 306 g/mol. The zero-order valence-corrected chi connectivity index (χ0v) is 13.9. The third-order valence-electron chi connectivity index (χ3n) is 4.94. The van der Waals surface area contributed by atoms with Crippen LogP contribution in [-0.4, -0.2) is 35.7 Å². The normalized spacial score (nSPS) is 26.2. The molecular formula is C18H24N3O3+. The Morgan fingerprint density at radius 2 is 1.92 bits per heavy atom. The average Bonchev–Trinajstić information content (AvgIpc) is 2.56. The van der Waals surface area contributed by atoms with Crippen molar-refractivity contribution in [2.45, 2.75) is 57.2 Å². The number of carbonyl (C=O) groups excluding carboxylic acids is 3. The van der Waals surface area contributed by atoms with E-state index in [1.807, 2.05) is 0 Å². The van der Waals surface area contributed by atoms with E-state index in [-0.39, 0.29) is 36.1 Å². The van der Waals surface area contributed by atoms with E-state index in [9.17, 15) is 14.4 Å². The highest BCUT2D eigenvalue weighted by Crippen LogP contribution is 2.18. The van der Waals surface area contributed by atoms with Gasteiger partial charge in [0.05, 0.1) is 12.5 Å². The highest BCUT2D eigenvalue weighted by atomic mass is 16.2. The molecule has 0 spiro atoms. The van der Waals surface area contributed by atoms with Crippen molar-refractivity contribution in [1.29, 1.82) is 0 Å². The first-order valence-electron chi connectivity index (χ1n) is 8.59. The summed E-state index contributed by atoms with van der Waals surface area (Å²) in [7, 11) is 0. The Morgan fingerprint density at radius 3 is 2.62 bits per heavy atom. The minimum atomic E-state index is -0.360. The number of anilines is 1. The lowest BCUT2D eigenvalue weighted by Crippen LogP contribution is -3.03. The quantitative estimate of drug-likeness (QED) is 0.706. The molecule has 4 N–H and O–H groups in total. The first-order chi connectivity index (χ1) is 11.5. The van der Waals surface area contributed by atoms with Crippen molar-refractivity contribution in [3.63, 3.8) is 0 Å². The number of amides is 2. The van der Waals surface area contributed by atoms with E-state index in [4.69, 9.17) is 0 Å². The van der Waals surface area contributed by atoms with Crippen LogP contribution >= 0.6 is 0 Å². The lowest BCUT2D eigenvalue weighted by Gasteiger charge is -2.37. The number of fused-ring (bicyclic) bond motifs is 1. The molecule has 0 radical (unpaired) electrons. The van der Waals surface area contributed by atoms with Crippen molar-refractivity contribution >= 4 is 23.3 Å². The van der Waals surface area contributed by atoms with Crippen molar-refractivity contribution in [2.75, 3.05) is 5.32 Å². The molecule has 1 aliphatic carbocycles. The Kier molecular flexibility index (Phi) is 4.94. The van der Waals surface area contributed by atoms with E-state index in [2.05, 4.69) is 16.0 Å². The van der Waals surface area contributed by atoms with Gasteiger partial charge in [0.2, 0.25) is 5.91 Å². The summed E-state index contributed by atoms with van der Waals surface area (Å²) in [5.74, 6) is -0.236. The maximum Gasteiger partial charge on any atom is 0.279 e. The van der Waals surface area contributed by atoms with Gasteiger partial charge in [0.15, 0.2) is 11.8 Å². The molecule has 6 nitrogen and oxygen atoms in total. The van der Waals surface area contributed by atoms with E-state index >= 15 is 0 Å². The number of piperazine rings is 1. The fourth-order valence-corrected chi connectivity index (χ4v) is 3.61. The van der Waals surface area contributed by atoms with Gasteiger partial charge in [-0.05, 0) is 44.0 Å². The first-order valence-corrected chi connectivity index (χ1v) is 8.59. The van der Waals surface area contributed by atoms with Crippen LogP contribution < -0.4 is 16.0 Å². The van der Waals surface area contributed by atoms with Crippen LogP contribution in [0.4, 0.5) is 5.69 Å². The van der Waals surface area contributed by atoms with Crippen molar-refractivity contribution in [2.24, 2.45) is 0 Å². The number of quaternary nitrogens is 1. The molecule has 2 aliphatic rings. The van der Waals surface area contributed by atoms with Crippen LogP contribution in [0.1, 0.15) is 49.4 Å². The van der Waals surface area contributed by atoms with Gasteiger partial charge in [0.25, 0.3) is 5.91 Å². The molecule has 2 fully saturated rings. The second-order valence-corrected chi connectivity index (χ2v) is 6.75. The van der Waals surface area contributed by atoms with E-state index in [0.29, 0.717) is 17.3 Å². The van der Waals surface area contributed by atoms with Crippen molar-refractivity contribution < 1.29 is 19.7 Å². The second-order valence-electron chi connectivity index (χ2n) is 6.75. The summed E-state index contributed by atoms with van der Waals surface area (Å²) in [6.07, 6.45) is 4.64. The van der Waals surface area contributed by atoms with E-state index in [1.165, 1.54) is 13.3 Å². The molecule has 0 unspecified atom stereocenters. The topological polar surface area (TPSA) is 91.9 Å². The van der Waals surface area contributed by atoms with Crippen LogP contribution in [0.3, 0.4) is 0 Å². The number of nitrogens with one attached hydrogen (secondary N) is 2. The molecule has 1 saturated heterocycles. The van der Waals surface area contributed by atoms with Gasteiger partial charge in [-0.25, -0.2) is 0 Å². The summed E-state index contributed by atoms with van der Waals surface area (Å²) < 4.78 is 0. The fraction of sp³-hybridized carbons (Fsp3) is 0.500. The molecule has 0 aromatic heterocycles. The second kappa shape index (κ2) is 7.13. The monoisotopic (exact) mass is 330 g/mol. The van der Waals surface area contributed by atoms with E-state index in [0.717, 1.165) is 19.3 Å². The first kappa shape index (κ1) is 16.6. The van der Waals surface area contributed by atoms with Crippen LogP contribution in [0.25, 0.3) is 0 Å². The summed E-state index contributed by atoms with van der Waals surface area (Å²) in [6.45, 7) is 1.50. The highest BCUT2D eigenvalue weighted by Gasteiger charge is 2.40. The maximum atomic E-state index is 12.2. The van der Waals surface area contributed by atoms with Crippen LogP contribution in [0, 0.1) is 0 Å². The summed E-state index contributed by atoms with van der Waals surface area (Å²) in [6, 6.07) is 7.07. The number of benzene rings is 1. The van der Waals surface area contributed by atoms with Gasteiger partial charge in [-0.3, -0.25) is 14.4 Å². The van der Waals surface area contributed by atoms with Crippen LogP contribution in [0.15, 0.2) is 24.3 Å². The SMILES string of the molecule is CC(=O)c1ccc(NC(=O)C[C@@H]2[NH2+][C@@H]3CCCC[C@@H]3NC2=O)cc1. The number of hydrogen-bond donors (Lipinski definition) is 3. The Hall–Kier alpha value is -2.21. The molecule has 128 valence electrons. The summed E-state index contributed by atoms with van der Waals surface area (Å²) >= 11 is 0. The summed E-state index contributed by atoms with van der Waals surface area (Å²) in [5, 5.41) is 7.94. The molecule has 1 aliphatic heterocycles. The third kappa shape index (κ3) is 3.82. The average molecular weight is 330 g/mol. The molecule has 3 rings (SSSR count). The van der Waals surface area contributed by atoms with Gasteiger partial charge in [0.1, 0.15) is 6.04 Å². The van der Waals surface area contributed by atoms with Crippen LogP contribution in [0.5, 0.6) is 0 Å². The summed E-state index contributed by atoms with van der Waals surface area (Å²) in [4.78, 5) is 35.7. The standard InChI is InChI=1S/C18H23N3O3/c1-11(22)12-6-8-13(9-7-12)19-17(23)10-16-18(24)21-15-5-3-2-4-14(15)20-16/h6-9,14-16,20H,2-5,10H2,1H3,(H,19,23)(H,21,24)/p+1/t14-,15+,16+/m1/s1. The number of ketones is 1. The van der Waals surface area contributed by atoms with Gasteiger partial charge in [-0.15, -0.1) is 0 Å². The Balaban J connectivity index is 1.56. The minimum absolute atomic E-state index is 0.0108. The Bertz CT molecular complexity index is 641. The van der Waals surface area contributed by atoms with Gasteiger partial charge in [-0.2, -0.15) is 0 Å². The predicted octanol–water partition coefficient (Wildman–Crippen LogP) is 0.591. The molecule has 2 amide bonds. The molecule has 1 aromatic rings. The van der Waals surface area contributed by atoms with Gasteiger partial charge < -0.3 is 16.0 Å². The van der Waals surface area contributed by atoms with Gasteiger partial charge >= 0.3 is 0 Å². The number of hydrogen-bond acceptors (Lipinski definition) is 3. The molecule has 3 atom stereocenters. The molecule has 6 heteroatoms. The lowest BCUT2D eigenvalue weighted by atomic mass is 9.87. The minimum Gasteiger partial charge on any atom is -0.342 e. The number of carbonyl (C=O) groups is 3.